The molecule has 0 radical (unpaired) electrons. The van der Waals surface area contributed by atoms with E-state index in [1.54, 1.807) is 11.3 Å². The summed E-state index contributed by atoms with van der Waals surface area (Å²) in [5.74, 6) is 0. The number of thiazole rings is 1. The van der Waals surface area contributed by atoms with E-state index in [9.17, 15) is 0 Å². The van der Waals surface area contributed by atoms with Crippen LogP contribution in [0.2, 0.25) is 0 Å². The molecule has 0 N–H and O–H groups in total. The standard InChI is InChI=1S/C13H14N2S2/c1-4-10-5-6-12(17-10)11-7-15-8(2)9(3)16-13(15)14-11/h5-7H,4H2,1-3H3. The molecule has 0 aliphatic rings. The minimum atomic E-state index is 1.10. The average molecular weight is 262 g/mol. The van der Waals surface area contributed by atoms with Crippen molar-refractivity contribution in [2.24, 2.45) is 0 Å². The Morgan fingerprint density at radius 1 is 1.24 bits per heavy atom. The summed E-state index contributed by atoms with van der Waals surface area (Å²) in [6, 6.07) is 4.38. The minimum Gasteiger partial charge on any atom is -0.294 e. The lowest BCUT2D eigenvalue weighted by molar-refractivity contribution is 1.11. The molecule has 4 heteroatoms. The van der Waals surface area contributed by atoms with E-state index in [0.717, 1.165) is 17.1 Å². The van der Waals surface area contributed by atoms with Crippen molar-refractivity contribution in [1.82, 2.24) is 9.38 Å². The molecule has 0 unspecified atom stereocenters. The van der Waals surface area contributed by atoms with Crippen LogP contribution in [0, 0.1) is 13.8 Å². The number of nitrogens with zero attached hydrogens (tertiary/aromatic N) is 2. The van der Waals surface area contributed by atoms with E-state index < -0.39 is 0 Å². The van der Waals surface area contributed by atoms with Crippen LogP contribution in [0.4, 0.5) is 0 Å². The van der Waals surface area contributed by atoms with Crippen molar-refractivity contribution in [2.45, 2.75) is 27.2 Å². The number of aryl methyl sites for hydroxylation is 3. The summed E-state index contributed by atoms with van der Waals surface area (Å²) in [4.78, 5) is 9.84. The zero-order chi connectivity index (χ0) is 12.0. The van der Waals surface area contributed by atoms with Gasteiger partial charge in [-0.3, -0.25) is 4.40 Å². The van der Waals surface area contributed by atoms with Crippen molar-refractivity contribution >= 4 is 27.6 Å². The predicted octanol–water partition coefficient (Wildman–Crippen LogP) is 4.30. The molecule has 0 spiro atoms. The Bertz CT molecular complexity index is 673. The molecule has 88 valence electrons. The summed E-state index contributed by atoms with van der Waals surface area (Å²) in [6.07, 6.45) is 3.25. The van der Waals surface area contributed by atoms with Crippen molar-refractivity contribution in [1.29, 1.82) is 0 Å². The Morgan fingerprint density at radius 3 is 2.71 bits per heavy atom. The lowest BCUT2D eigenvalue weighted by atomic mass is 10.3. The van der Waals surface area contributed by atoms with Gasteiger partial charge >= 0.3 is 0 Å². The van der Waals surface area contributed by atoms with Gasteiger partial charge in [0.25, 0.3) is 0 Å². The molecular formula is C13H14N2S2. The molecule has 3 heterocycles. The fourth-order valence-electron chi connectivity index (χ4n) is 1.88. The van der Waals surface area contributed by atoms with Crippen LogP contribution in [-0.4, -0.2) is 9.38 Å². The number of rotatable bonds is 2. The zero-order valence-electron chi connectivity index (χ0n) is 10.2. The molecule has 0 fully saturated rings. The van der Waals surface area contributed by atoms with Gasteiger partial charge in [0.1, 0.15) is 5.69 Å². The predicted molar refractivity (Wildman–Crippen MR) is 75.2 cm³/mol. The summed E-state index contributed by atoms with van der Waals surface area (Å²) >= 11 is 3.61. The van der Waals surface area contributed by atoms with Crippen LogP contribution in [0.25, 0.3) is 15.5 Å². The smallest absolute Gasteiger partial charge is 0.194 e. The van der Waals surface area contributed by atoms with Gasteiger partial charge in [-0.25, -0.2) is 4.98 Å². The van der Waals surface area contributed by atoms with Crippen LogP contribution < -0.4 is 0 Å². The van der Waals surface area contributed by atoms with E-state index >= 15 is 0 Å². The third-order valence-corrected chi connectivity index (χ3v) is 5.38. The summed E-state index contributed by atoms with van der Waals surface area (Å²) in [7, 11) is 0. The number of hydrogen-bond donors (Lipinski definition) is 0. The first-order chi connectivity index (χ1) is 8.19. The fourth-order valence-corrected chi connectivity index (χ4v) is 3.73. The number of hydrogen-bond acceptors (Lipinski definition) is 3. The van der Waals surface area contributed by atoms with Gasteiger partial charge in [-0.2, -0.15) is 0 Å². The topological polar surface area (TPSA) is 17.3 Å². The molecule has 3 rings (SSSR count). The zero-order valence-corrected chi connectivity index (χ0v) is 11.8. The average Bonchev–Trinajstić information content (AvgIpc) is 2.97. The maximum atomic E-state index is 4.70. The van der Waals surface area contributed by atoms with Crippen LogP contribution in [0.3, 0.4) is 0 Å². The Hall–Kier alpha value is -1.13. The third-order valence-electron chi connectivity index (χ3n) is 3.05. The summed E-state index contributed by atoms with van der Waals surface area (Å²) in [5.41, 5.74) is 2.40. The molecular weight excluding hydrogens is 248 g/mol. The number of imidazole rings is 1. The highest BCUT2D eigenvalue weighted by atomic mass is 32.1. The first kappa shape index (κ1) is 11.0. The van der Waals surface area contributed by atoms with Crippen molar-refractivity contribution in [3.8, 4) is 10.6 Å². The highest BCUT2D eigenvalue weighted by Gasteiger charge is 2.11. The van der Waals surface area contributed by atoms with Gasteiger partial charge < -0.3 is 0 Å². The highest BCUT2D eigenvalue weighted by molar-refractivity contribution is 7.17. The first-order valence-electron chi connectivity index (χ1n) is 5.73. The molecule has 0 saturated carbocycles. The van der Waals surface area contributed by atoms with Crippen molar-refractivity contribution in [3.05, 3.63) is 33.8 Å². The summed E-state index contributed by atoms with van der Waals surface area (Å²) < 4.78 is 2.20. The van der Waals surface area contributed by atoms with Crippen LogP contribution >= 0.6 is 22.7 Å². The van der Waals surface area contributed by atoms with E-state index in [4.69, 9.17) is 4.98 Å². The van der Waals surface area contributed by atoms with E-state index in [1.807, 2.05) is 11.3 Å². The maximum Gasteiger partial charge on any atom is 0.194 e. The normalized spacial score (nSPS) is 11.5. The van der Waals surface area contributed by atoms with Gasteiger partial charge in [0.15, 0.2) is 4.96 Å². The summed E-state index contributed by atoms with van der Waals surface area (Å²) in [5, 5.41) is 0. The monoisotopic (exact) mass is 262 g/mol. The lowest BCUT2D eigenvalue weighted by Gasteiger charge is -1.90. The molecule has 3 aromatic heterocycles. The molecule has 0 aliphatic carbocycles. The van der Waals surface area contributed by atoms with E-state index in [1.165, 1.54) is 20.3 Å². The molecule has 3 aromatic rings. The van der Waals surface area contributed by atoms with Gasteiger partial charge in [0, 0.05) is 21.6 Å². The minimum absolute atomic E-state index is 1.10. The molecule has 0 bridgehead atoms. The molecule has 0 aliphatic heterocycles. The van der Waals surface area contributed by atoms with Crippen LogP contribution in [0.5, 0.6) is 0 Å². The lowest BCUT2D eigenvalue weighted by Crippen LogP contribution is -1.81. The summed E-state index contributed by atoms with van der Waals surface area (Å²) in [6.45, 7) is 6.49. The van der Waals surface area contributed by atoms with Crippen LogP contribution in [0.15, 0.2) is 18.3 Å². The van der Waals surface area contributed by atoms with Crippen LogP contribution in [0.1, 0.15) is 22.4 Å². The van der Waals surface area contributed by atoms with Gasteiger partial charge in [0.2, 0.25) is 0 Å². The number of fused-ring (bicyclic) bond motifs is 1. The molecule has 0 amide bonds. The Balaban J connectivity index is 2.11. The van der Waals surface area contributed by atoms with Crippen molar-refractivity contribution in [3.63, 3.8) is 0 Å². The third kappa shape index (κ3) is 1.72. The quantitative estimate of drug-likeness (QED) is 0.673. The second-order valence-corrected chi connectivity index (χ2v) is 6.49. The van der Waals surface area contributed by atoms with E-state index in [-0.39, 0.29) is 0 Å². The molecule has 17 heavy (non-hydrogen) atoms. The Morgan fingerprint density at radius 2 is 2.06 bits per heavy atom. The highest BCUT2D eigenvalue weighted by Crippen LogP contribution is 2.30. The SMILES string of the molecule is CCc1ccc(-c2cn3c(C)c(C)sc3n2)s1. The van der Waals surface area contributed by atoms with Crippen molar-refractivity contribution < 1.29 is 0 Å². The van der Waals surface area contributed by atoms with E-state index in [2.05, 4.69) is 43.5 Å². The first-order valence-corrected chi connectivity index (χ1v) is 7.36. The van der Waals surface area contributed by atoms with Gasteiger partial charge in [0.05, 0.1) is 4.88 Å². The second-order valence-electron chi connectivity index (χ2n) is 4.14. The number of aromatic nitrogens is 2. The fraction of sp³-hybridized carbons (Fsp3) is 0.308. The molecule has 0 atom stereocenters. The van der Waals surface area contributed by atoms with E-state index in [0.29, 0.717) is 0 Å². The molecule has 0 aromatic carbocycles. The Kier molecular flexibility index (Phi) is 2.56. The second kappa shape index (κ2) is 3.96. The molecule has 0 saturated heterocycles. The van der Waals surface area contributed by atoms with Crippen molar-refractivity contribution in [2.75, 3.05) is 0 Å². The van der Waals surface area contributed by atoms with Crippen LogP contribution in [-0.2, 0) is 6.42 Å². The Labute approximate surface area is 109 Å². The maximum absolute atomic E-state index is 4.70. The van der Waals surface area contributed by atoms with Gasteiger partial charge in [-0.1, -0.05) is 6.92 Å². The molecule has 2 nitrogen and oxygen atoms in total. The van der Waals surface area contributed by atoms with Gasteiger partial charge in [-0.05, 0) is 32.4 Å². The van der Waals surface area contributed by atoms with Gasteiger partial charge in [-0.15, -0.1) is 22.7 Å². The largest absolute Gasteiger partial charge is 0.294 e. The number of thiophene rings is 1.